The Morgan fingerprint density at radius 2 is 2.00 bits per heavy atom. The molecule has 1 heterocycles. The van der Waals surface area contributed by atoms with Crippen LogP contribution in [0.5, 0.6) is 0 Å². The molecule has 6 nitrogen and oxygen atoms in total. The third-order valence-electron chi connectivity index (χ3n) is 3.82. The highest BCUT2D eigenvalue weighted by molar-refractivity contribution is 7.86. The zero-order valence-electron chi connectivity index (χ0n) is 12.4. The van der Waals surface area contributed by atoms with Gasteiger partial charge in [0.1, 0.15) is 0 Å². The van der Waals surface area contributed by atoms with Crippen molar-refractivity contribution in [1.82, 2.24) is 8.61 Å². The van der Waals surface area contributed by atoms with Gasteiger partial charge in [0.2, 0.25) is 0 Å². The quantitative estimate of drug-likeness (QED) is 0.860. The first-order valence-electron chi connectivity index (χ1n) is 6.85. The molecule has 2 atom stereocenters. The van der Waals surface area contributed by atoms with E-state index in [9.17, 15) is 8.42 Å². The molecule has 1 fully saturated rings. The first-order chi connectivity index (χ1) is 9.96. The van der Waals surface area contributed by atoms with Crippen LogP contribution in [-0.4, -0.2) is 49.8 Å². The van der Waals surface area contributed by atoms with Gasteiger partial charge in [-0.05, 0) is 5.56 Å². The van der Waals surface area contributed by atoms with Gasteiger partial charge in [-0.3, -0.25) is 0 Å². The summed E-state index contributed by atoms with van der Waals surface area (Å²) < 4.78 is 27.5. The number of rotatable bonds is 5. The Hall–Kier alpha value is -1.17. The molecule has 22 heavy (non-hydrogen) atoms. The Morgan fingerprint density at radius 1 is 1.36 bits per heavy atom. The maximum Gasteiger partial charge on any atom is 0.281 e. The molecule has 0 saturated carbocycles. The minimum atomic E-state index is -3.55. The van der Waals surface area contributed by atoms with Crippen molar-refractivity contribution in [3.63, 3.8) is 0 Å². The largest absolute Gasteiger partial charge is 0.326 e. The topological polar surface area (TPSA) is 90.4 Å². The van der Waals surface area contributed by atoms with Crippen LogP contribution in [0.1, 0.15) is 17.9 Å². The van der Waals surface area contributed by atoms with E-state index in [0.29, 0.717) is 13.1 Å². The van der Waals surface area contributed by atoms with Crippen molar-refractivity contribution < 1.29 is 8.42 Å². The van der Waals surface area contributed by atoms with Gasteiger partial charge < -0.3 is 5.73 Å². The van der Waals surface area contributed by atoms with Crippen molar-refractivity contribution >= 4 is 22.6 Å². The lowest BCUT2D eigenvalue weighted by molar-refractivity contribution is 0.394. The van der Waals surface area contributed by atoms with Crippen molar-refractivity contribution in [3.8, 4) is 6.07 Å². The van der Waals surface area contributed by atoms with Gasteiger partial charge in [0.25, 0.3) is 10.2 Å². The van der Waals surface area contributed by atoms with Crippen molar-refractivity contribution in [2.75, 3.05) is 26.7 Å². The molecule has 8 heteroatoms. The van der Waals surface area contributed by atoms with Gasteiger partial charge in [-0.2, -0.15) is 22.3 Å². The average Bonchev–Trinajstić information content (AvgIpc) is 2.88. The Balaban J connectivity index is 0.00000242. The van der Waals surface area contributed by atoms with Crippen LogP contribution in [0, 0.1) is 11.3 Å². The van der Waals surface area contributed by atoms with Crippen LogP contribution in [0.15, 0.2) is 30.3 Å². The Kier molecular flexibility index (Phi) is 6.78. The van der Waals surface area contributed by atoms with E-state index in [0.717, 1.165) is 5.56 Å². The second kappa shape index (κ2) is 7.90. The lowest BCUT2D eigenvalue weighted by Crippen LogP contribution is -2.42. The maximum absolute atomic E-state index is 12.4. The zero-order chi connectivity index (χ0) is 15.5. The van der Waals surface area contributed by atoms with Gasteiger partial charge in [-0.25, -0.2) is 0 Å². The van der Waals surface area contributed by atoms with Crippen LogP contribution in [-0.2, 0) is 10.2 Å². The standard InChI is InChI=1S/C14H20N4O2S.ClH/c1-17(9-5-8-15)21(19,20)18-10-13(14(16)11-18)12-6-3-2-4-7-12;/h2-4,6-7,13-14H,5,9-11,16H2,1H3;1H/t13-,14+;/m0./s1. The molecule has 122 valence electrons. The highest BCUT2D eigenvalue weighted by Gasteiger charge is 2.39. The van der Waals surface area contributed by atoms with Gasteiger partial charge in [-0.1, -0.05) is 30.3 Å². The zero-order valence-corrected chi connectivity index (χ0v) is 14.1. The number of benzene rings is 1. The second-order valence-corrected chi connectivity index (χ2v) is 7.27. The number of hydrogen-bond acceptors (Lipinski definition) is 4. The lowest BCUT2D eigenvalue weighted by atomic mass is 9.95. The molecule has 1 aromatic rings. The first-order valence-corrected chi connectivity index (χ1v) is 8.25. The smallest absolute Gasteiger partial charge is 0.281 e. The van der Waals surface area contributed by atoms with Crippen LogP contribution in [0.2, 0.25) is 0 Å². The number of nitrogens with zero attached hydrogens (tertiary/aromatic N) is 3. The first kappa shape index (κ1) is 18.9. The molecule has 0 spiro atoms. The molecular weight excluding hydrogens is 324 g/mol. The molecule has 2 N–H and O–H groups in total. The minimum absolute atomic E-state index is 0. The number of nitriles is 1. The van der Waals surface area contributed by atoms with Gasteiger partial charge in [0.05, 0.1) is 6.07 Å². The maximum atomic E-state index is 12.4. The normalized spacial score (nSPS) is 22.3. The molecule has 0 aromatic heterocycles. The van der Waals surface area contributed by atoms with Gasteiger partial charge in [0.15, 0.2) is 0 Å². The SMILES string of the molecule is CN(CCC#N)S(=O)(=O)N1C[C@@H](N)[C@H](c2ccccc2)C1.Cl. The predicted octanol–water partition coefficient (Wildman–Crippen LogP) is 0.925. The third kappa shape index (κ3) is 3.97. The second-order valence-electron chi connectivity index (χ2n) is 5.24. The number of hydrogen-bond donors (Lipinski definition) is 1. The molecule has 0 unspecified atom stereocenters. The van der Waals surface area contributed by atoms with E-state index < -0.39 is 10.2 Å². The van der Waals surface area contributed by atoms with Crippen LogP contribution >= 0.6 is 12.4 Å². The summed E-state index contributed by atoms with van der Waals surface area (Å²) in [5, 5.41) is 8.57. The molecule has 1 aromatic carbocycles. The highest BCUT2D eigenvalue weighted by atomic mass is 35.5. The fraction of sp³-hybridized carbons (Fsp3) is 0.500. The summed E-state index contributed by atoms with van der Waals surface area (Å²) in [7, 11) is -2.06. The van der Waals surface area contributed by atoms with Crippen LogP contribution in [0.25, 0.3) is 0 Å². The molecule has 0 radical (unpaired) electrons. The van der Waals surface area contributed by atoms with Crippen LogP contribution < -0.4 is 5.73 Å². The fourth-order valence-electron chi connectivity index (χ4n) is 2.55. The Labute approximate surface area is 138 Å². The van der Waals surface area contributed by atoms with Crippen molar-refractivity contribution in [2.24, 2.45) is 5.73 Å². The summed E-state index contributed by atoms with van der Waals surface area (Å²) >= 11 is 0. The summed E-state index contributed by atoms with van der Waals surface area (Å²) in [6.07, 6.45) is 0.178. The van der Waals surface area contributed by atoms with E-state index in [-0.39, 0.29) is 37.3 Å². The third-order valence-corrected chi connectivity index (χ3v) is 5.74. The highest BCUT2D eigenvalue weighted by Crippen LogP contribution is 2.28. The average molecular weight is 345 g/mol. The Bertz CT molecular complexity index is 617. The van der Waals surface area contributed by atoms with E-state index in [1.165, 1.54) is 15.7 Å². The van der Waals surface area contributed by atoms with E-state index in [1.807, 2.05) is 36.4 Å². The monoisotopic (exact) mass is 344 g/mol. The number of nitrogens with two attached hydrogens (primary N) is 1. The van der Waals surface area contributed by atoms with E-state index >= 15 is 0 Å². The molecule has 1 aliphatic heterocycles. The summed E-state index contributed by atoms with van der Waals surface area (Å²) in [5.41, 5.74) is 7.18. The molecule has 1 aliphatic rings. The van der Waals surface area contributed by atoms with Crippen LogP contribution in [0.4, 0.5) is 0 Å². The molecule has 0 bridgehead atoms. The van der Waals surface area contributed by atoms with Gasteiger partial charge >= 0.3 is 0 Å². The number of halogens is 1. The molecule has 0 amide bonds. The minimum Gasteiger partial charge on any atom is -0.326 e. The predicted molar refractivity (Wildman–Crippen MR) is 87.8 cm³/mol. The fourth-order valence-corrected chi connectivity index (χ4v) is 3.98. The van der Waals surface area contributed by atoms with E-state index in [2.05, 4.69) is 0 Å². The summed E-state index contributed by atoms with van der Waals surface area (Å²) in [4.78, 5) is 0. The molecule has 0 aliphatic carbocycles. The molecule has 2 rings (SSSR count). The molecule has 1 saturated heterocycles. The van der Waals surface area contributed by atoms with Crippen molar-refractivity contribution in [2.45, 2.75) is 18.4 Å². The summed E-state index contributed by atoms with van der Waals surface area (Å²) in [5.74, 6) is 0.00495. The van der Waals surface area contributed by atoms with Crippen molar-refractivity contribution in [1.29, 1.82) is 5.26 Å². The van der Waals surface area contributed by atoms with Crippen LogP contribution in [0.3, 0.4) is 0 Å². The van der Waals surface area contributed by atoms with E-state index in [1.54, 1.807) is 0 Å². The van der Waals surface area contributed by atoms with E-state index in [4.69, 9.17) is 11.0 Å². The van der Waals surface area contributed by atoms with Gasteiger partial charge in [-0.15, -0.1) is 12.4 Å². The van der Waals surface area contributed by atoms with Crippen molar-refractivity contribution in [3.05, 3.63) is 35.9 Å². The van der Waals surface area contributed by atoms with Gasteiger partial charge in [0, 0.05) is 45.1 Å². The lowest BCUT2D eigenvalue weighted by Gasteiger charge is -2.23. The summed E-state index contributed by atoms with van der Waals surface area (Å²) in [6.45, 7) is 0.879. The Morgan fingerprint density at radius 3 is 2.59 bits per heavy atom. The summed E-state index contributed by atoms with van der Waals surface area (Å²) in [6, 6.07) is 11.5. The molecular formula is C14H21ClN4O2S.